The van der Waals surface area contributed by atoms with E-state index in [0.717, 1.165) is 54.5 Å². The maximum Gasteiger partial charge on any atom is 0.256 e. The van der Waals surface area contributed by atoms with Crippen molar-refractivity contribution in [2.45, 2.75) is 57.2 Å². The lowest BCUT2D eigenvalue weighted by Crippen LogP contribution is -2.54. The Bertz CT molecular complexity index is 1260. The van der Waals surface area contributed by atoms with E-state index >= 15 is 0 Å². The predicted octanol–water partition coefficient (Wildman–Crippen LogP) is 3.79. The van der Waals surface area contributed by atoms with Gasteiger partial charge in [-0.3, -0.25) is 4.79 Å². The number of amides is 1. The number of ether oxygens (including phenoxy) is 1. The minimum Gasteiger partial charge on any atom is -0.377 e. The number of carbonyl (C=O) groups is 1. The van der Waals surface area contributed by atoms with Gasteiger partial charge in [-0.2, -0.15) is 0 Å². The van der Waals surface area contributed by atoms with Crippen molar-refractivity contribution in [3.63, 3.8) is 0 Å². The largest absolute Gasteiger partial charge is 0.377 e. The highest BCUT2D eigenvalue weighted by Gasteiger charge is 2.36. The number of hydrogen-bond donors (Lipinski definition) is 4. The van der Waals surface area contributed by atoms with Crippen LogP contribution in [0.3, 0.4) is 0 Å². The molecule has 9 nitrogen and oxygen atoms in total. The van der Waals surface area contributed by atoms with Crippen molar-refractivity contribution in [2.24, 2.45) is 5.92 Å². The van der Waals surface area contributed by atoms with E-state index in [1.165, 1.54) is 19.3 Å². The Morgan fingerprint density at radius 3 is 2.49 bits per heavy atom. The third-order valence-electron chi connectivity index (χ3n) is 7.37. The Kier molecular flexibility index (Phi) is 7.46. The summed E-state index contributed by atoms with van der Waals surface area (Å²) in [7, 11) is 0. The number of nitrogens with zero attached hydrogens (tertiary/aromatic N) is 3. The molecule has 3 heterocycles. The van der Waals surface area contributed by atoms with Gasteiger partial charge in [-0.25, -0.2) is 15.0 Å². The van der Waals surface area contributed by atoms with Crippen molar-refractivity contribution in [3.05, 3.63) is 52.8 Å². The normalized spacial score (nSPS) is 21.6. The van der Waals surface area contributed by atoms with E-state index in [1.807, 2.05) is 25.1 Å². The van der Waals surface area contributed by atoms with Crippen LogP contribution < -0.4 is 16.0 Å². The van der Waals surface area contributed by atoms with Gasteiger partial charge in [-0.05, 0) is 63.1 Å². The zero-order chi connectivity index (χ0) is 26.0. The Morgan fingerprint density at radius 1 is 1.11 bits per heavy atom. The van der Waals surface area contributed by atoms with Gasteiger partial charge in [-0.1, -0.05) is 23.7 Å². The average Bonchev–Trinajstić information content (AvgIpc) is 2.88. The second kappa shape index (κ2) is 10.8. The van der Waals surface area contributed by atoms with Crippen LogP contribution in [0.1, 0.15) is 43.7 Å². The molecule has 1 saturated carbocycles. The first-order valence-corrected chi connectivity index (χ1v) is 13.2. The molecule has 0 bridgehead atoms. The molecular formula is C27H33ClN6O3. The number of aromatic nitrogens is 3. The van der Waals surface area contributed by atoms with Gasteiger partial charge in [0.05, 0.1) is 29.8 Å². The quantitative estimate of drug-likeness (QED) is 0.351. The third-order valence-corrected chi connectivity index (χ3v) is 7.85. The van der Waals surface area contributed by atoms with Crippen LogP contribution in [0.4, 0.5) is 11.8 Å². The van der Waals surface area contributed by atoms with E-state index in [4.69, 9.17) is 21.3 Å². The molecule has 5 rings (SSSR count). The fourth-order valence-corrected chi connectivity index (χ4v) is 4.95. The lowest BCUT2D eigenvalue weighted by Gasteiger charge is -2.31. The lowest BCUT2D eigenvalue weighted by atomic mass is 9.86. The summed E-state index contributed by atoms with van der Waals surface area (Å²) in [5, 5.41) is 22.1. The van der Waals surface area contributed by atoms with Gasteiger partial charge in [0, 0.05) is 35.9 Å². The van der Waals surface area contributed by atoms with Gasteiger partial charge in [0.2, 0.25) is 5.95 Å². The van der Waals surface area contributed by atoms with Crippen molar-refractivity contribution in [3.8, 4) is 0 Å². The highest BCUT2D eigenvalue weighted by atomic mass is 35.5. The molecule has 10 heteroatoms. The molecule has 196 valence electrons. The molecule has 2 fully saturated rings. The van der Waals surface area contributed by atoms with Crippen molar-refractivity contribution in [1.82, 2.24) is 20.3 Å². The van der Waals surface area contributed by atoms with Crippen LogP contribution in [-0.4, -0.2) is 57.8 Å². The van der Waals surface area contributed by atoms with Crippen molar-refractivity contribution < 1.29 is 14.6 Å². The highest BCUT2D eigenvalue weighted by molar-refractivity contribution is 6.35. The summed E-state index contributed by atoms with van der Waals surface area (Å²) < 4.78 is 5.06. The van der Waals surface area contributed by atoms with Crippen LogP contribution in [0.15, 0.2) is 36.7 Å². The molecule has 1 aromatic carbocycles. The first kappa shape index (κ1) is 25.6. The van der Waals surface area contributed by atoms with E-state index in [0.29, 0.717) is 41.7 Å². The summed E-state index contributed by atoms with van der Waals surface area (Å²) >= 11 is 6.47. The SMILES string of the molecule is Cc1ccc2ccc(N[C@H]3CC[C@H](CNc4ncc(C(C)(O)C(=O)NC5COC5)cn4)CC3)nc2c1Cl. The van der Waals surface area contributed by atoms with Gasteiger partial charge in [-0.15, -0.1) is 0 Å². The van der Waals surface area contributed by atoms with Gasteiger partial charge in [0.1, 0.15) is 5.82 Å². The number of aliphatic hydroxyl groups is 1. The molecule has 1 unspecified atom stereocenters. The summed E-state index contributed by atoms with van der Waals surface area (Å²) in [6, 6.07) is 8.47. The number of rotatable bonds is 8. The minimum absolute atomic E-state index is 0.0577. The molecule has 1 amide bonds. The molecule has 37 heavy (non-hydrogen) atoms. The van der Waals surface area contributed by atoms with E-state index in [2.05, 4.69) is 32.0 Å². The summed E-state index contributed by atoms with van der Waals surface area (Å²) in [6.07, 6.45) is 7.26. The second-order valence-electron chi connectivity index (χ2n) is 10.3. The first-order chi connectivity index (χ1) is 17.8. The monoisotopic (exact) mass is 524 g/mol. The number of hydrogen-bond acceptors (Lipinski definition) is 8. The van der Waals surface area contributed by atoms with Crippen LogP contribution >= 0.6 is 11.6 Å². The van der Waals surface area contributed by atoms with Crippen LogP contribution in [0.5, 0.6) is 0 Å². The Balaban J connectivity index is 1.09. The van der Waals surface area contributed by atoms with Crippen LogP contribution in [0.25, 0.3) is 10.9 Å². The summed E-state index contributed by atoms with van der Waals surface area (Å²) in [6.45, 7) is 5.15. The van der Waals surface area contributed by atoms with Crippen molar-refractivity contribution in [2.75, 3.05) is 30.4 Å². The Hall–Kier alpha value is -3.01. The van der Waals surface area contributed by atoms with Gasteiger partial charge >= 0.3 is 0 Å². The van der Waals surface area contributed by atoms with E-state index < -0.39 is 11.5 Å². The summed E-state index contributed by atoms with van der Waals surface area (Å²) in [4.78, 5) is 25.8. The molecule has 1 atom stereocenters. The van der Waals surface area contributed by atoms with Crippen LogP contribution in [-0.2, 0) is 15.1 Å². The lowest BCUT2D eigenvalue weighted by molar-refractivity contribution is -0.143. The number of nitrogens with one attached hydrogen (secondary N) is 3. The minimum atomic E-state index is -1.70. The van der Waals surface area contributed by atoms with Gasteiger partial charge in [0.25, 0.3) is 5.91 Å². The highest BCUT2D eigenvalue weighted by Crippen LogP contribution is 2.29. The van der Waals surface area contributed by atoms with Gasteiger partial charge < -0.3 is 25.8 Å². The smallest absolute Gasteiger partial charge is 0.256 e. The molecule has 2 aliphatic rings. The number of carbonyl (C=O) groups excluding carboxylic acids is 1. The number of fused-ring (bicyclic) bond motifs is 1. The molecule has 4 N–H and O–H groups in total. The fraction of sp³-hybridized carbons (Fsp3) is 0.481. The van der Waals surface area contributed by atoms with E-state index in [1.54, 1.807) is 0 Å². The maximum atomic E-state index is 12.4. The number of aryl methyl sites for hydroxylation is 1. The fourth-order valence-electron chi connectivity index (χ4n) is 4.74. The summed E-state index contributed by atoms with van der Waals surface area (Å²) in [5.41, 5.74) is 0.511. The van der Waals surface area contributed by atoms with Crippen LogP contribution in [0, 0.1) is 12.8 Å². The first-order valence-electron chi connectivity index (χ1n) is 12.8. The van der Waals surface area contributed by atoms with Crippen molar-refractivity contribution in [1.29, 1.82) is 0 Å². The average molecular weight is 525 g/mol. The molecule has 0 spiro atoms. The van der Waals surface area contributed by atoms with E-state index in [-0.39, 0.29) is 6.04 Å². The third kappa shape index (κ3) is 5.79. The number of anilines is 2. The van der Waals surface area contributed by atoms with Gasteiger partial charge in [0.15, 0.2) is 5.60 Å². The molecular weight excluding hydrogens is 492 g/mol. The zero-order valence-electron chi connectivity index (χ0n) is 21.1. The molecule has 1 saturated heterocycles. The standard InChI is InChI=1S/C27H33ClN6O3/c1-16-3-6-18-7-10-22(34-24(18)23(16)28)32-20-8-4-17(5-9-20)11-29-26-30-12-19(13-31-26)27(2,36)25(35)33-21-14-37-15-21/h3,6-7,10,12-13,17,20-21,36H,4-5,8-9,11,14-15H2,1-2H3,(H,32,34)(H,33,35)(H,29,30,31)/t17-,20-,27?. The predicted molar refractivity (Wildman–Crippen MR) is 144 cm³/mol. The topological polar surface area (TPSA) is 121 Å². The Morgan fingerprint density at radius 2 is 1.81 bits per heavy atom. The summed E-state index contributed by atoms with van der Waals surface area (Å²) in [5.74, 6) is 1.38. The molecule has 0 radical (unpaired) electrons. The Labute approximate surface area is 221 Å². The van der Waals surface area contributed by atoms with E-state index in [9.17, 15) is 9.90 Å². The maximum absolute atomic E-state index is 12.4. The van der Waals surface area contributed by atoms with Crippen molar-refractivity contribution >= 4 is 40.2 Å². The molecule has 3 aromatic rings. The number of pyridine rings is 1. The molecule has 1 aliphatic heterocycles. The number of benzene rings is 1. The second-order valence-corrected chi connectivity index (χ2v) is 10.7. The molecule has 2 aromatic heterocycles. The molecule has 1 aliphatic carbocycles. The number of halogens is 1. The van der Waals surface area contributed by atoms with Crippen LogP contribution in [0.2, 0.25) is 5.02 Å². The zero-order valence-corrected chi connectivity index (χ0v) is 21.9.